The van der Waals surface area contributed by atoms with Crippen LogP contribution in [0.1, 0.15) is 18.9 Å². The van der Waals surface area contributed by atoms with Gasteiger partial charge >= 0.3 is 0 Å². The average molecular weight is 347 g/mol. The molecule has 0 heterocycles. The van der Waals surface area contributed by atoms with Crippen molar-refractivity contribution < 1.29 is 9.31 Å². The first-order valence-electron chi connectivity index (χ1n) is 7.54. The lowest BCUT2D eigenvalue weighted by Crippen LogP contribution is -2.34. The minimum Gasteiger partial charge on any atom is -0.345 e. The Hall–Kier alpha value is -2.54. The molecule has 2 aromatic carbocycles. The number of halogens is 1. The predicted octanol–water partition coefficient (Wildman–Crippen LogP) is 4.34. The second-order valence-corrected chi connectivity index (χ2v) is 5.67. The SMILES string of the molecule is CCCN(Cc1ccc([N+](=O)[O-])cc1)C(=S)Nc1ccc(F)cc1. The average Bonchev–Trinajstić information content (AvgIpc) is 2.57. The Labute approximate surface area is 145 Å². The smallest absolute Gasteiger partial charge is 0.269 e. The number of nitro benzene ring substituents is 1. The second kappa shape index (κ2) is 8.35. The normalized spacial score (nSPS) is 10.2. The summed E-state index contributed by atoms with van der Waals surface area (Å²) in [4.78, 5) is 12.3. The highest BCUT2D eigenvalue weighted by atomic mass is 32.1. The molecule has 2 aromatic rings. The zero-order chi connectivity index (χ0) is 17.5. The van der Waals surface area contributed by atoms with E-state index in [1.54, 1.807) is 24.3 Å². The van der Waals surface area contributed by atoms with Gasteiger partial charge in [0.2, 0.25) is 0 Å². The van der Waals surface area contributed by atoms with E-state index in [4.69, 9.17) is 12.2 Å². The van der Waals surface area contributed by atoms with Crippen molar-refractivity contribution in [2.24, 2.45) is 0 Å². The third-order valence-corrected chi connectivity index (χ3v) is 3.76. The minimum absolute atomic E-state index is 0.0628. The molecule has 0 fully saturated rings. The van der Waals surface area contributed by atoms with Crippen molar-refractivity contribution in [1.82, 2.24) is 4.90 Å². The van der Waals surface area contributed by atoms with Crippen molar-refractivity contribution in [2.45, 2.75) is 19.9 Å². The highest BCUT2D eigenvalue weighted by Crippen LogP contribution is 2.15. The van der Waals surface area contributed by atoms with Crippen LogP contribution in [0, 0.1) is 15.9 Å². The number of nitrogens with one attached hydrogen (secondary N) is 1. The predicted molar refractivity (Wildman–Crippen MR) is 96.4 cm³/mol. The standard InChI is InChI=1S/C17H18FN3O2S/c1-2-11-20(12-13-3-9-16(10-4-13)21(22)23)17(24)19-15-7-5-14(18)6-8-15/h3-10H,2,11-12H2,1H3,(H,19,24). The first-order valence-corrected chi connectivity index (χ1v) is 7.95. The lowest BCUT2D eigenvalue weighted by molar-refractivity contribution is -0.384. The Morgan fingerprint density at radius 2 is 1.83 bits per heavy atom. The van der Waals surface area contributed by atoms with Crippen LogP contribution in [-0.4, -0.2) is 21.5 Å². The van der Waals surface area contributed by atoms with E-state index >= 15 is 0 Å². The molecule has 0 aliphatic carbocycles. The zero-order valence-corrected chi connectivity index (χ0v) is 14.1. The molecular formula is C17H18FN3O2S. The maximum atomic E-state index is 13.0. The summed E-state index contributed by atoms with van der Waals surface area (Å²) in [7, 11) is 0. The van der Waals surface area contributed by atoms with Crippen LogP contribution >= 0.6 is 12.2 Å². The summed E-state index contributed by atoms with van der Waals surface area (Å²) in [6, 6.07) is 12.4. The van der Waals surface area contributed by atoms with Gasteiger partial charge in [-0.05, 0) is 48.5 Å². The summed E-state index contributed by atoms with van der Waals surface area (Å²) < 4.78 is 13.0. The van der Waals surface area contributed by atoms with E-state index in [-0.39, 0.29) is 11.5 Å². The largest absolute Gasteiger partial charge is 0.345 e. The van der Waals surface area contributed by atoms with E-state index < -0.39 is 4.92 Å². The van der Waals surface area contributed by atoms with Crippen LogP contribution in [0.3, 0.4) is 0 Å². The Morgan fingerprint density at radius 3 is 2.38 bits per heavy atom. The Balaban J connectivity index is 2.05. The van der Waals surface area contributed by atoms with Gasteiger partial charge in [0.15, 0.2) is 5.11 Å². The third-order valence-electron chi connectivity index (χ3n) is 3.40. The van der Waals surface area contributed by atoms with Gasteiger partial charge in [0.25, 0.3) is 5.69 Å². The number of anilines is 1. The monoisotopic (exact) mass is 347 g/mol. The van der Waals surface area contributed by atoms with Crippen LogP contribution in [0.4, 0.5) is 15.8 Å². The van der Waals surface area contributed by atoms with Crippen molar-refractivity contribution >= 4 is 28.7 Å². The molecule has 7 heteroatoms. The van der Waals surface area contributed by atoms with E-state index in [0.29, 0.717) is 17.3 Å². The van der Waals surface area contributed by atoms with E-state index in [0.717, 1.165) is 18.5 Å². The van der Waals surface area contributed by atoms with Crippen LogP contribution in [0.5, 0.6) is 0 Å². The maximum absolute atomic E-state index is 13.0. The molecule has 126 valence electrons. The lowest BCUT2D eigenvalue weighted by Gasteiger charge is -2.25. The van der Waals surface area contributed by atoms with Crippen LogP contribution in [0.15, 0.2) is 48.5 Å². The van der Waals surface area contributed by atoms with E-state index in [9.17, 15) is 14.5 Å². The molecule has 24 heavy (non-hydrogen) atoms. The van der Waals surface area contributed by atoms with Crippen LogP contribution in [0.25, 0.3) is 0 Å². The summed E-state index contributed by atoms with van der Waals surface area (Å²) in [5.41, 5.74) is 1.70. The zero-order valence-electron chi connectivity index (χ0n) is 13.2. The van der Waals surface area contributed by atoms with Crippen molar-refractivity contribution in [3.8, 4) is 0 Å². The number of benzene rings is 2. The van der Waals surface area contributed by atoms with Crippen LogP contribution < -0.4 is 5.32 Å². The number of rotatable bonds is 6. The molecule has 1 N–H and O–H groups in total. The topological polar surface area (TPSA) is 58.4 Å². The highest BCUT2D eigenvalue weighted by Gasteiger charge is 2.11. The number of thiocarbonyl (C=S) groups is 1. The van der Waals surface area contributed by atoms with Gasteiger partial charge in [0, 0.05) is 30.9 Å². The molecule has 0 atom stereocenters. The second-order valence-electron chi connectivity index (χ2n) is 5.28. The van der Waals surface area contributed by atoms with Crippen molar-refractivity contribution in [3.05, 3.63) is 70.0 Å². The van der Waals surface area contributed by atoms with Crippen molar-refractivity contribution in [2.75, 3.05) is 11.9 Å². The number of hydrogen-bond acceptors (Lipinski definition) is 3. The number of nitro groups is 1. The summed E-state index contributed by atoms with van der Waals surface area (Å²) in [5, 5.41) is 14.3. The van der Waals surface area contributed by atoms with Gasteiger partial charge in [-0.15, -0.1) is 0 Å². The van der Waals surface area contributed by atoms with Crippen LogP contribution in [0.2, 0.25) is 0 Å². The van der Waals surface area contributed by atoms with Gasteiger partial charge in [0.1, 0.15) is 5.82 Å². The molecule has 0 aromatic heterocycles. The highest BCUT2D eigenvalue weighted by molar-refractivity contribution is 7.80. The maximum Gasteiger partial charge on any atom is 0.269 e. The molecule has 0 aliphatic rings. The van der Waals surface area contributed by atoms with Gasteiger partial charge < -0.3 is 10.2 Å². The Kier molecular flexibility index (Phi) is 6.20. The fourth-order valence-electron chi connectivity index (χ4n) is 2.20. The van der Waals surface area contributed by atoms with E-state index in [1.165, 1.54) is 24.3 Å². The third kappa shape index (κ3) is 4.99. The first-order chi connectivity index (χ1) is 11.5. The quantitative estimate of drug-likeness (QED) is 0.478. The molecule has 0 spiro atoms. The molecule has 0 saturated carbocycles. The summed E-state index contributed by atoms with van der Waals surface area (Å²) >= 11 is 5.44. The number of non-ortho nitro benzene ring substituents is 1. The van der Waals surface area contributed by atoms with Gasteiger partial charge in [-0.2, -0.15) is 0 Å². The fraction of sp³-hybridized carbons (Fsp3) is 0.235. The summed E-state index contributed by atoms with van der Waals surface area (Å²) in [6.45, 7) is 3.33. The van der Waals surface area contributed by atoms with Crippen LogP contribution in [-0.2, 0) is 6.54 Å². The number of hydrogen-bond donors (Lipinski definition) is 1. The molecule has 0 unspecified atom stereocenters. The van der Waals surface area contributed by atoms with E-state index in [1.807, 2.05) is 11.8 Å². The van der Waals surface area contributed by atoms with Crippen molar-refractivity contribution in [1.29, 1.82) is 0 Å². The van der Waals surface area contributed by atoms with E-state index in [2.05, 4.69) is 5.32 Å². The molecule has 0 saturated heterocycles. The molecule has 0 bridgehead atoms. The molecule has 5 nitrogen and oxygen atoms in total. The number of nitrogens with zero attached hydrogens (tertiary/aromatic N) is 2. The van der Waals surface area contributed by atoms with Gasteiger partial charge in [-0.25, -0.2) is 4.39 Å². The lowest BCUT2D eigenvalue weighted by atomic mass is 10.2. The molecule has 0 amide bonds. The molecular weight excluding hydrogens is 329 g/mol. The summed E-state index contributed by atoms with van der Waals surface area (Å²) in [6.07, 6.45) is 0.901. The molecule has 0 radical (unpaired) electrons. The Morgan fingerprint density at radius 1 is 1.21 bits per heavy atom. The van der Waals surface area contributed by atoms with Gasteiger partial charge in [0.05, 0.1) is 4.92 Å². The van der Waals surface area contributed by atoms with Crippen molar-refractivity contribution in [3.63, 3.8) is 0 Å². The fourth-order valence-corrected chi connectivity index (χ4v) is 2.48. The minimum atomic E-state index is -0.422. The molecule has 0 aliphatic heterocycles. The summed E-state index contributed by atoms with van der Waals surface area (Å²) in [5.74, 6) is -0.303. The van der Waals surface area contributed by atoms with Gasteiger partial charge in [-0.1, -0.05) is 19.1 Å². The first kappa shape index (κ1) is 17.8. The Bertz CT molecular complexity index is 705. The molecule has 2 rings (SSSR count). The van der Waals surface area contributed by atoms with Gasteiger partial charge in [-0.3, -0.25) is 10.1 Å².